The standard InChI is InChI=1S/C15H16Cl2N4O2S/c1-3-4-9-5-11(22)21-15(19-9)24-7-12(23)20-14-13(17)8(2)10(16)6-18-14/h5-6H,3-4,7H2,1-2H3,(H,18,20,23)(H,19,21,22). The van der Waals surface area contributed by atoms with Gasteiger partial charge in [-0.25, -0.2) is 9.97 Å². The molecule has 0 aliphatic carbocycles. The van der Waals surface area contributed by atoms with Crippen molar-refractivity contribution in [1.82, 2.24) is 15.0 Å². The molecule has 0 atom stereocenters. The number of amides is 1. The molecular formula is C15H16Cl2N4O2S. The molecule has 24 heavy (non-hydrogen) atoms. The number of aromatic amines is 1. The molecule has 0 unspecified atom stereocenters. The average Bonchev–Trinajstić information content (AvgIpc) is 2.53. The van der Waals surface area contributed by atoms with Gasteiger partial charge < -0.3 is 10.3 Å². The highest BCUT2D eigenvalue weighted by molar-refractivity contribution is 7.99. The van der Waals surface area contributed by atoms with Gasteiger partial charge in [-0.15, -0.1) is 0 Å². The lowest BCUT2D eigenvalue weighted by Gasteiger charge is -2.09. The Balaban J connectivity index is 2.01. The number of halogens is 2. The topological polar surface area (TPSA) is 87.7 Å². The van der Waals surface area contributed by atoms with E-state index in [0.29, 0.717) is 32.9 Å². The molecule has 0 fully saturated rings. The quantitative estimate of drug-likeness (QED) is 0.586. The molecule has 0 aromatic carbocycles. The lowest BCUT2D eigenvalue weighted by Crippen LogP contribution is -2.17. The number of aromatic nitrogens is 3. The molecule has 9 heteroatoms. The Kier molecular flexibility index (Phi) is 6.65. The van der Waals surface area contributed by atoms with Gasteiger partial charge in [-0.05, 0) is 18.9 Å². The van der Waals surface area contributed by atoms with Gasteiger partial charge in [0.05, 0.1) is 15.8 Å². The van der Waals surface area contributed by atoms with Crippen molar-refractivity contribution >= 4 is 46.7 Å². The minimum Gasteiger partial charge on any atom is -0.309 e. The summed E-state index contributed by atoms with van der Waals surface area (Å²) in [6.45, 7) is 3.75. The third-order valence-corrected chi connectivity index (χ3v) is 4.80. The normalized spacial score (nSPS) is 10.7. The molecule has 6 nitrogen and oxygen atoms in total. The predicted molar refractivity (Wildman–Crippen MR) is 97.2 cm³/mol. The van der Waals surface area contributed by atoms with Crippen molar-refractivity contribution in [3.63, 3.8) is 0 Å². The second-order valence-electron chi connectivity index (χ2n) is 5.02. The first-order chi connectivity index (χ1) is 11.4. The Hall–Kier alpha value is -1.57. The molecule has 1 amide bonds. The molecular weight excluding hydrogens is 371 g/mol. The van der Waals surface area contributed by atoms with Crippen molar-refractivity contribution in [1.29, 1.82) is 0 Å². The highest BCUT2D eigenvalue weighted by Crippen LogP contribution is 2.28. The van der Waals surface area contributed by atoms with Crippen LogP contribution in [0.5, 0.6) is 0 Å². The number of thioether (sulfide) groups is 1. The zero-order chi connectivity index (χ0) is 17.7. The average molecular weight is 387 g/mol. The van der Waals surface area contributed by atoms with E-state index in [9.17, 15) is 9.59 Å². The maximum Gasteiger partial charge on any atom is 0.251 e. The van der Waals surface area contributed by atoms with E-state index < -0.39 is 0 Å². The summed E-state index contributed by atoms with van der Waals surface area (Å²) in [6.07, 6.45) is 3.03. The predicted octanol–water partition coefficient (Wildman–Crippen LogP) is 3.46. The number of H-pyrrole nitrogens is 1. The van der Waals surface area contributed by atoms with Crippen molar-refractivity contribution in [3.05, 3.63) is 43.9 Å². The molecule has 2 heterocycles. The molecule has 0 bridgehead atoms. The molecule has 0 radical (unpaired) electrons. The number of hydrogen-bond acceptors (Lipinski definition) is 5. The number of aryl methyl sites for hydroxylation is 1. The Morgan fingerprint density at radius 1 is 1.42 bits per heavy atom. The summed E-state index contributed by atoms with van der Waals surface area (Å²) in [5, 5.41) is 3.77. The third kappa shape index (κ3) is 4.96. The fourth-order valence-electron chi connectivity index (χ4n) is 1.88. The number of anilines is 1. The molecule has 0 saturated carbocycles. The van der Waals surface area contributed by atoms with E-state index in [1.54, 1.807) is 6.92 Å². The van der Waals surface area contributed by atoms with Gasteiger partial charge in [-0.3, -0.25) is 9.59 Å². The van der Waals surface area contributed by atoms with Crippen molar-refractivity contribution in [2.24, 2.45) is 0 Å². The number of carbonyl (C=O) groups is 1. The van der Waals surface area contributed by atoms with Gasteiger partial charge in [0.15, 0.2) is 11.0 Å². The number of hydrogen-bond donors (Lipinski definition) is 2. The molecule has 0 aliphatic rings. The first-order valence-electron chi connectivity index (χ1n) is 7.24. The summed E-state index contributed by atoms with van der Waals surface area (Å²) >= 11 is 13.2. The van der Waals surface area contributed by atoms with E-state index >= 15 is 0 Å². The van der Waals surface area contributed by atoms with E-state index in [1.165, 1.54) is 12.3 Å². The zero-order valence-corrected chi connectivity index (χ0v) is 15.5. The Morgan fingerprint density at radius 2 is 2.17 bits per heavy atom. The summed E-state index contributed by atoms with van der Waals surface area (Å²) in [5.41, 5.74) is 1.13. The minimum absolute atomic E-state index is 0.0677. The monoisotopic (exact) mass is 386 g/mol. The molecule has 0 spiro atoms. The van der Waals surface area contributed by atoms with Crippen molar-refractivity contribution in [2.45, 2.75) is 31.8 Å². The van der Waals surface area contributed by atoms with E-state index in [4.69, 9.17) is 23.2 Å². The maximum atomic E-state index is 12.0. The summed E-state index contributed by atoms with van der Waals surface area (Å²) in [6, 6.07) is 1.47. The van der Waals surface area contributed by atoms with Gasteiger partial charge in [0.25, 0.3) is 5.56 Å². The molecule has 2 aromatic rings. The summed E-state index contributed by atoms with van der Waals surface area (Å²) < 4.78 is 0. The van der Waals surface area contributed by atoms with Crippen LogP contribution in [0, 0.1) is 6.92 Å². The first kappa shape index (κ1) is 18.8. The van der Waals surface area contributed by atoms with E-state index in [2.05, 4.69) is 20.3 Å². The van der Waals surface area contributed by atoms with Gasteiger partial charge in [-0.1, -0.05) is 48.3 Å². The van der Waals surface area contributed by atoms with Gasteiger partial charge >= 0.3 is 0 Å². The molecule has 2 N–H and O–H groups in total. The fraction of sp³-hybridized carbons (Fsp3) is 0.333. The van der Waals surface area contributed by atoms with Crippen LogP contribution in [-0.4, -0.2) is 26.6 Å². The third-order valence-electron chi connectivity index (χ3n) is 3.08. The smallest absolute Gasteiger partial charge is 0.251 e. The first-order valence-corrected chi connectivity index (χ1v) is 8.98. The van der Waals surface area contributed by atoms with Crippen LogP contribution in [0.25, 0.3) is 0 Å². The number of pyridine rings is 1. The second-order valence-corrected chi connectivity index (χ2v) is 6.77. The summed E-state index contributed by atoms with van der Waals surface area (Å²) in [7, 11) is 0. The SMILES string of the molecule is CCCc1cc(=O)[nH]c(SCC(=O)Nc2ncc(Cl)c(C)c2Cl)n1. The Bertz CT molecular complexity index is 811. The Morgan fingerprint density at radius 3 is 2.88 bits per heavy atom. The van der Waals surface area contributed by atoms with Crippen LogP contribution in [0.15, 0.2) is 22.2 Å². The number of nitrogens with one attached hydrogen (secondary N) is 2. The number of carbonyl (C=O) groups excluding carboxylic acids is 1. The molecule has 0 aliphatic heterocycles. The van der Waals surface area contributed by atoms with Crippen molar-refractivity contribution in [3.8, 4) is 0 Å². The summed E-state index contributed by atoms with van der Waals surface area (Å²) in [5.74, 6) is 0.0168. The number of rotatable bonds is 6. The van der Waals surface area contributed by atoms with Crippen LogP contribution in [0.4, 0.5) is 5.82 Å². The van der Waals surface area contributed by atoms with Crippen LogP contribution < -0.4 is 10.9 Å². The van der Waals surface area contributed by atoms with E-state index in [1.807, 2.05) is 6.92 Å². The van der Waals surface area contributed by atoms with E-state index in [0.717, 1.165) is 18.2 Å². The maximum absolute atomic E-state index is 12.0. The van der Waals surface area contributed by atoms with Gasteiger partial charge in [0.1, 0.15) is 0 Å². The Labute approximate surface area is 153 Å². The lowest BCUT2D eigenvalue weighted by molar-refractivity contribution is -0.113. The van der Waals surface area contributed by atoms with Crippen molar-refractivity contribution in [2.75, 3.05) is 11.1 Å². The van der Waals surface area contributed by atoms with Crippen LogP contribution >= 0.6 is 35.0 Å². The minimum atomic E-state index is -0.306. The highest BCUT2D eigenvalue weighted by Gasteiger charge is 2.12. The van der Waals surface area contributed by atoms with Gasteiger partial charge in [0, 0.05) is 18.0 Å². The van der Waals surface area contributed by atoms with E-state index in [-0.39, 0.29) is 23.0 Å². The number of nitrogens with zero attached hydrogens (tertiary/aromatic N) is 2. The second kappa shape index (κ2) is 8.50. The van der Waals surface area contributed by atoms with Crippen LogP contribution in [0.2, 0.25) is 10.0 Å². The molecule has 2 aromatic heterocycles. The lowest BCUT2D eigenvalue weighted by atomic mass is 10.2. The van der Waals surface area contributed by atoms with Gasteiger partial charge in [0.2, 0.25) is 5.91 Å². The van der Waals surface area contributed by atoms with Gasteiger partial charge in [-0.2, -0.15) is 0 Å². The molecule has 128 valence electrons. The van der Waals surface area contributed by atoms with Crippen molar-refractivity contribution < 1.29 is 4.79 Å². The largest absolute Gasteiger partial charge is 0.309 e. The highest BCUT2D eigenvalue weighted by atomic mass is 35.5. The van der Waals surface area contributed by atoms with Crippen LogP contribution in [-0.2, 0) is 11.2 Å². The molecule has 2 rings (SSSR count). The zero-order valence-electron chi connectivity index (χ0n) is 13.2. The van der Waals surface area contributed by atoms with Crippen LogP contribution in [0.1, 0.15) is 24.6 Å². The fourth-order valence-corrected chi connectivity index (χ4v) is 2.97. The molecule has 0 saturated heterocycles. The summed E-state index contributed by atoms with van der Waals surface area (Å²) in [4.78, 5) is 34.6. The van der Waals surface area contributed by atoms with Crippen LogP contribution in [0.3, 0.4) is 0 Å².